The molecule has 1 fully saturated rings. The molecule has 0 saturated carbocycles. The highest BCUT2D eigenvalue weighted by atomic mass is 16.5. The predicted molar refractivity (Wildman–Crippen MR) is 108 cm³/mol. The van der Waals surface area contributed by atoms with Crippen LogP contribution in [0.15, 0.2) is 36.4 Å². The number of carbonyl (C=O) groups excluding carboxylic acids is 1. The van der Waals surface area contributed by atoms with Crippen LogP contribution in [-0.2, 0) is 0 Å². The van der Waals surface area contributed by atoms with E-state index < -0.39 is 0 Å². The van der Waals surface area contributed by atoms with Crippen LogP contribution in [0.3, 0.4) is 0 Å². The third-order valence-corrected chi connectivity index (χ3v) is 4.98. The first-order valence-corrected chi connectivity index (χ1v) is 9.35. The van der Waals surface area contributed by atoms with E-state index in [2.05, 4.69) is 19.9 Å². The largest absolute Gasteiger partial charge is 0.481 e. The summed E-state index contributed by atoms with van der Waals surface area (Å²) in [4.78, 5) is 30.6. The summed E-state index contributed by atoms with van der Waals surface area (Å²) in [6, 6.07) is 11.4. The third kappa shape index (κ3) is 3.47. The van der Waals surface area contributed by atoms with Crippen molar-refractivity contribution in [3.05, 3.63) is 53.5 Å². The van der Waals surface area contributed by atoms with Crippen LogP contribution in [0, 0.1) is 13.8 Å². The monoisotopic (exact) mass is 377 g/mol. The van der Waals surface area contributed by atoms with Gasteiger partial charge in [-0.05, 0) is 19.9 Å². The van der Waals surface area contributed by atoms with E-state index in [0.717, 1.165) is 41.3 Å². The van der Waals surface area contributed by atoms with Crippen molar-refractivity contribution in [3.8, 4) is 5.88 Å². The summed E-state index contributed by atoms with van der Waals surface area (Å²) in [7, 11) is 1.57. The van der Waals surface area contributed by atoms with E-state index in [-0.39, 0.29) is 5.91 Å². The number of benzene rings is 1. The van der Waals surface area contributed by atoms with Crippen LogP contribution < -0.4 is 9.64 Å². The lowest BCUT2D eigenvalue weighted by Crippen LogP contribution is -2.49. The minimum absolute atomic E-state index is 0.00611. The summed E-state index contributed by atoms with van der Waals surface area (Å²) in [6.07, 6.45) is 0. The summed E-state index contributed by atoms with van der Waals surface area (Å²) >= 11 is 0. The molecule has 0 radical (unpaired) electrons. The van der Waals surface area contributed by atoms with E-state index in [1.54, 1.807) is 13.2 Å². The fraction of sp³-hybridized carbons (Fsp3) is 0.333. The van der Waals surface area contributed by atoms with Crippen LogP contribution in [0.5, 0.6) is 5.88 Å². The Morgan fingerprint density at radius 1 is 1.00 bits per heavy atom. The van der Waals surface area contributed by atoms with Crippen LogP contribution in [0.25, 0.3) is 10.9 Å². The zero-order valence-electron chi connectivity index (χ0n) is 16.3. The second kappa shape index (κ2) is 7.42. The van der Waals surface area contributed by atoms with E-state index in [1.165, 1.54) is 0 Å². The molecule has 3 aromatic rings. The van der Waals surface area contributed by atoms with Gasteiger partial charge in [-0.15, -0.1) is 0 Å². The maximum atomic E-state index is 13.2. The van der Waals surface area contributed by atoms with E-state index in [0.29, 0.717) is 24.5 Å². The van der Waals surface area contributed by atoms with Crippen molar-refractivity contribution in [1.82, 2.24) is 19.9 Å². The number of anilines is 1. The number of nitrogens with zero attached hydrogens (tertiary/aromatic N) is 5. The van der Waals surface area contributed by atoms with E-state index >= 15 is 0 Å². The molecule has 7 nitrogen and oxygen atoms in total. The van der Waals surface area contributed by atoms with Crippen LogP contribution in [-0.4, -0.2) is 59.0 Å². The highest BCUT2D eigenvalue weighted by Gasteiger charge is 2.25. The number of carbonyl (C=O) groups is 1. The fourth-order valence-corrected chi connectivity index (χ4v) is 3.60. The van der Waals surface area contributed by atoms with Crippen molar-refractivity contribution in [1.29, 1.82) is 0 Å². The first-order valence-electron chi connectivity index (χ1n) is 9.35. The molecule has 0 N–H and O–H groups in total. The molecule has 7 heteroatoms. The van der Waals surface area contributed by atoms with Crippen molar-refractivity contribution in [2.45, 2.75) is 13.8 Å². The Kier molecular flexibility index (Phi) is 4.81. The smallest absolute Gasteiger partial charge is 0.254 e. The molecule has 144 valence electrons. The molecule has 0 aliphatic carbocycles. The van der Waals surface area contributed by atoms with Gasteiger partial charge in [0.15, 0.2) is 0 Å². The molecule has 1 saturated heterocycles. The van der Waals surface area contributed by atoms with Crippen molar-refractivity contribution in [2.75, 3.05) is 38.2 Å². The van der Waals surface area contributed by atoms with Crippen molar-refractivity contribution in [3.63, 3.8) is 0 Å². The van der Waals surface area contributed by atoms with Gasteiger partial charge in [0.1, 0.15) is 11.6 Å². The SMILES string of the molecule is COc1cc(C(=O)N2CCN(c3cc(C)nc(C)n3)CC2)c2ccccc2n1. The number of rotatable bonds is 3. The van der Waals surface area contributed by atoms with E-state index in [4.69, 9.17) is 4.74 Å². The molecule has 2 aromatic heterocycles. The van der Waals surface area contributed by atoms with Gasteiger partial charge in [-0.25, -0.2) is 15.0 Å². The van der Waals surface area contributed by atoms with Crippen LogP contribution in [0.1, 0.15) is 21.9 Å². The molecular formula is C21H23N5O2. The molecule has 0 spiro atoms. The lowest BCUT2D eigenvalue weighted by Gasteiger charge is -2.35. The third-order valence-electron chi connectivity index (χ3n) is 4.98. The molecule has 28 heavy (non-hydrogen) atoms. The minimum atomic E-state index is 0.00611. The molecule has 0 unspecified atom stereocenters. The summed E-state index contributed by atoms with van der Waals surface area (Å²) in [6.45, 7) is 6.63. The van der Waals surface area contributed by atoms with E-state index in [1.807, 2.05) is 49.1 Å². The zero-order chi connectivity index (χ0) is 19.7. The maximum Gasteiger partial charge on any atom is 0.254 e. The van der Waals surface area contributed by atoms with Crippen LogP contribution in [0.4, 0.5) is 5.82 Å². The zero-order valence-corrected chi connectivity index (χ0v) is 16.3. The predicted octanol–water partition coefficient (Wildman–Crippen LogP) is 2.61. The molecule has 1 aromatic carbocycles. The van der Waals surface area contributed by atoms with Gasteiger partial charge in [0, 0.05) is 49.4 Å². The number of piperazine rings is 1. The van der Waals surface area contributed by atoms with Gasteiger partial charge in [-0.1, -0.05) is 18.2 Å². The number of aromatic nitrogens is 3. The summed E-state index contributed by atoms with van der Waals surface area (Å²) in [5, 5.41) is 0.845. The van der Waals surface area contributed by atoms with Gasteiger partial charge in [-0.3, -0.25) is 4.79 Å². The van der Waals surface area contributed by atoms with Gasteiger partial charge < -0.3 is 14.5 Å². The Morgan fingerprint density at radius 3 is 2.46 bits per heavy atom. The number of para-hydroxylation sites is 1. The lowest BCUT2D eigenvalue weighted by atomic mass is 10.1. The molecule has 1 aliphatic rings. The molecule has 0 atom stereocenters. The summed E-state index contributed by atoms with van der Waals surface area (Å²) < 4.78 is 5.29. The Balaban J connectivity index is 1.55. The molecule has 0 bridgehead atoms. The van der Waals surface area contributed by atoms with Crippen molar-refractivity contribution < 1.29 is 9.53 Å². The number of fused-ring (bicyclic) bond motifs is 1. The molecule has 3 heterocycles. The molecule has 1 aliphatic heterocycles. The van der Waals surface area contributed by atoms with E-state index in [9.17, 15) is 4.79 Å². The van der Waals surface area contributed by atoms with Gasteiger partial charge in [-0.2, -0.15) is 0 Å². The second-order valence-corrected chi connectivity index (χ2v) is 6.92. The number of aryl methyl sites for hydroxylation is 2. The Morgan fingerprint density at radius 2 is 1.75 bits per heavy atom. The Labute approximate surface area is 164 Å². The van der Waals surface area contributed by atoms with Crippen LogP contribution >= 0.6 is 0 Å². The maximum absolute atomic E-state index is 13.2. The highest BCUT2D eigenvalue weighted by molar-refractivity contribution is 6.06. The summed E-state index contributed by atoms with van der Waals surface area (Å²) in [5.41, 5.74) is 2.34. The minimum Gasteiger partial charge on any atom is -0.481 e. The quantitative estimate of drug-likeness (QED) is 0.699. The van der Waals surface area contributed by atoms with Gasteiger partial charge in [0.2, 0.25) is 5.88 Å². The lowest BCUT2D eigenvalue weighted by molar-refractivity contribution is 0.0748. The fourth-order valence-electron chi connectivity index (χ4n) is 3.60. The molecule has 1 amide bonds. The standard InChI is InChI=1S/C21H23N5O2/c1-14-12-19(23-15(2)22-14)25-8-10-26(11-9-25)21(27)17-13-20(28-3)24-18-7-5-4-6-16(17)18/h4-7,12-13H,8-11H2,1-3H3. The van der Waals surface area contributed by atoms with Gasteiger partial charge >= 0.3 is 0 Å². The average molecular weight is 377 g/mol. The molecule has 4 rings (SSSR count). The van der Waals surface area contributed by atoms with Crippen molar-refractivity contribution in [2.24, 2.45) is 0 Å². The highest BCUT2D eigenvalue weighted by Crippen LogP contribution is 2.24. The topological polar surface area (TPSA) is 71.5 Å². The first-order chi connectivity index (χ1) is 13.5. The Bertz CT molecular complexity index is 1010. The normalized spacial score (nSPS) is 14.4. The number of hydrogen-bond donors (Lipinski definition) is 0. The Hall–Kier alpha value is -3.22. The van der Waals surface area contributed by atoms with Gasteiger partial charge in [0.05, 0.1) is 18.2 Å². The van der Waals surface area contributed by atoms with Gasteiger partial charge in [0.25, 0.3) is 5.91 Å². The average Bonchev–Trinajstić information content (AvgIpc) is 2.72. The van der Waals surface area contributed by atoms with Crippen molar-refractivity contribution >= 4 is 22.6 Å². The first kappa shape index (κ1) is 18.2. The summed E-state index contributed by atoms with van der Waals surface area (Å²) in [5.74, 6) is 2.15. The molecular weight excluding hydrogens is 354 g/mol. The number of hydrogen-bond acceptors (Lipinski definition) is 6. The number of pyridine rings is 1. The number of ether oxygens (including phenoxy) is 1. The number of methoxy groups -OCH3 is 1. The number of amides is 1. The second-order valence-electron chi connectivity index (χ2n) is 6.92. The van der Waals surface area contributed by atoms with Crippen LogP contribution in [0.2, 0.25) is 0 Å².